The van der Waals surface area contributed by atoms with E-state index >= 15 is 0 Å². The Labute approximate surface area is 152 Å². The lowest BCUT2D eigenvalue weighted by atomic mass is 10.2. The summed E-state index contributed by atoms with van der Waals surface area (Å²) in [4.78, 5) is 8.49. The number of ether oxygens (including phenoxy) is 3. The van der Waals surface area contributed by atoms with E-state index in [0.29, 0.717) is 28.9 Å². The van der Waals surface area contributed by atoms with Gasteiger partial charge in [0, 0.05) is 29.6 Å². The molecule has 134 valence electrons. The van der Waals surface area contributed by atoms with Gasteiger partial charge in [-0.05, 0) is 12.1 Å². The molecule has 26 heavy (non-hydrogen) atoms. The first-order valence-electron chi connectivity index (χ1n) is 7.94. The molecule has 0 spiro atoms. The molecule has 3 aromatic rings. The predicted molar refractivity (Wildman–Crippen MR) is 101 cm³/mol. The van der Waals surface area contributed by atoms with Crippen LogP contribution in [0.3, 0.4) is 0 Å². The summed E-state index contributed by atoms with van der Waals surface area (Å²) in [6, 6.07) is 15.3. The summed E-state index contributed by atoms with van der Waals surface area (Å²) in [6.45, 7) is 0. The molecule has 0 saturated carbocycles. The molecule has 0 saturated heterocycles. The van der Waals surface area contributed by atoms with Gasteiger partial charge >= 0.3 is 0 Å². The Morgan fingerprint density at radius 2 is 1.27 bits per heavy atom. The van der Waals surface area contributed by atoms with Gasteiger partial charge in [0.05, 0.1) is 21.3 Å². The van der Waals surface area contributed by atoms with Crippen molar-refractivity contribution in [1.82, 2.24) is 9.97 Å². The molecule has 0 aliphatic carbocycles. The standard InChI is InChI=1S/C19H20N4O3/c1-24-15-9-14(10-16(25-2)19(15)26-3)23-18-11-17(20-12-21-18)22-13-7-5-4-6-8-13/h4-12H,1-3H3,(H2,20,21,22,23). The van der Waals surface area contributed by atoms with Crippen LogP contribution in [0.1, 0.15) is 0 Å². The van der Waals surface area contributed by atoms with E-state index < -0.39 is 0 Å². The lowest BCUT2D eigenvalue weighted by Crippen LogP contribution is -2.00. The van der Waals surface area contributed by atoms with Crippen molar-refractivity contribution in [2.45, 2.75) is 0 Å². The van der Waals surface area contributed by atoms with Gasteiger partial charge in [-0.15, -0.1) is 0 Å². The van der Waals surface area contributed by atoms with Crippen LogP contribution in [0.5, 0.6) is 17.2 Å². The number of para-hydroxylation sites is 1. The van der Waals surface area contributed by atoms with Gasteiger partial charge in [-0.3, -0.25) is 0 Å². The zero-order chi connectivity index (χ0) is 18.4. The van der Waals surface area contributed by atoms with Crippen LogP contribution in [0, 0.1) is 0 Å². The average Bonchev–Trinajstić information content (AvgIpc) is 2.68. The van der Waals surface area contributed by atoms with Gasteiger partial charge in [-0.1, -0.05) is 18.2 Å². The van der Waals surface area contributed by atoms with Gasteiger partial charge < -0.3 is 24.8 Å². The second-order valence-corrected chi connectivity index (χ2v) is 5.32. The van der Waals surface area contributed by atoms with Crippen LogP contribution >= 0.6 is 0 Å². The fourth-order valence-corrected chi connectivity index (χ4v) is 2.46. The maximum absolute atomic E-state index is 5.37. The van der Waals surface area contributed by atoms with E-state index in [1.807, 2.05) is 48.5 Å². The number of aromatic nitrogens is 2. The van der Waals surface area contributed by atoms with Crippen molar-refractivity contribution in [3.05, 3.63) is 54.9 Å². The third-order valence-electron chi connectivity index (χ3n) is 3.65. The summed E-state index contributed by atoms with van der Waals surface area (Å²) >= 11 is 0. The fraction of sp³-hybridized carbons (Fsp3) is 0.158. The Bertz CT molecular complexity index is 847. The maximum atomic E-state index is 5.37. The molecule has 0 aliphatic heterocycles. The highest BCUT2D eigenvalue weighted by Gasteiger charge is 2.13. The summed E-state index contributed by atoms with van der Waals surface area (Å²) in [5.41, 5.74) is 1.70. The first kappa shape index (κ1) is 17.3. The molecule has 7 heteroatoms. The normalized spacial score (nSPS) is 10.1. The van der Waals surface area contributed by atoms with E-state index in [0.717, 1.165) is 11.4 Å². The van der Waals surface area contributed by atoms with Gasteiger partial charge in [-0.25, -0.2) is 9.97 Å². The molecule has 3 rings (SSSR count). The van der Waals surface area contributed by atoms with Gasteiger partial charge in [0.25, 0.3) is 0 Å². The Hall–Kier alpha value is -3.48. The minimum Gasteiger partial charge on any atom is -0.493 e. The van der Waals surface area contributed by atoms with Crippen LogP contribution in [-0.2, 0) is 0 Å². The second-order valence-electron chi connectivity index (χ2n) is 5.32. The summed E-state index contributed by atoms with van der Waals surface area (Å²) < 4.78 is 16.1. The monoisotopic (exact) mass is 352 g/mol. The van der Waals surface area contributed by atoms with Crippen LogP contribution in [0.25, 0.3) is 0 Å². The zero-order valence-corrected chi connectivity index (χ0v) is 14.8. The average molecular weight is 352 g/mol. The highest BCUT2D eigenvalue weighted by molar-refractivity contribution is 5.68. The van der Waals surface area contributed by atoms with Crippen LogP contribution in [0.15, 0.2) is 54.9 Å². The number of hydrogen-bond acceptors (Lipinski definition) is 7. The summed E-state index contributed by atoms with van der Waals surface area (Å²) in [5.74, 6) is 2.97. The summed E-state index contributed by atoms with van der Waals surface area (Å²) in [5, 5.41) is 6.46. The van der Waals surface area contributed by atoms with E-state index in [4.69, 9.17) is 14.2 Å². The van der Waals surface area contributed by atoms with Crippen molar-refractivity contribution in [1.29, 1.82) is 0 Å². The highest BCUT2D eigenvalue weighted by atomic mass is 16.5. The van der Waals surface area contributed by atoms with Gasteiger partial charge in [0.1, 0.15) is 18.0 Å². The lowest BCUT2D eigenvalue weighted by Gasteiger charge is -2.15. The number of nitrogens with zero attached hydrogens (tertiary/aromatic N) is 2. The zero-order valence-electron chi connectivity index (χ0n) is 14.8. The van der Waals surface area contributed by atoms with E-state index in [1.54, 1.807) is 21.3 Å². The lowest BCUT2D eigenvalue weighted by molar-refractivity contribution is 0.324. The molecular formula is C19H20N4O3. The molecule has 0 radical (unpaired) electrons. The molecule has 0 fully saturated rings. The largest absolute Gasteiger partial charge is 0.493 e. The number of rotatable bonds is 7. The molecular weight excluding hydrogens is 332 g/mol. The first-order chi connectivity index (χ1) is 12.7. The molecule has 0 atom stereocenters. The summed E-state index contributed by atoms with van der Waals surface area (Å²) in [6.07, 6.45) is 1.49. The number of hydrogen-bond donors (Lipinski definition) is 2. The minimum absolute atomic E-state index is 0.537. The fourth-order valence-electron chi connectivity index (χ4n) is 2.46. The number of nitrogens with one attached hydrogen (secondary N) is 2. The summed E-state index contributed by atoms with van der Waals surface area (Å²) in [7, 11) is 4.72. The Kier molecular flexibility index (Phi) is 5.38. The highest BCUT2D eigenvalue weighted by Crippen LogP contribution is 2.40. The van der Waals surface area contributed by atoms with Gasteiger partial charge in [-0.2, -0.15) is 0 Å². The van der Waals surface area contributed by atoms with Crippen molar-refractivity contribution < 1.29 is 14.2 Å². The van der Waals surface area contributed by atoms with Crippen molar-refractivity contribution in [3.63, 3.8) is 0 Å². The van der Waals surface area contributed by atoms with Gasteiger partial charge in [0.15, 0.2) is 11.5 Å². The van der Waals surface area contributed by atoms with Crippen molar-refractivity contribution in [2.75, 3.05) is 32.0 Å². The van der Waals surface area contributed by atoms with Crippen LogP contribution in [0.4, 0.5) is 23.0 Å². The SMILES string of the molecule is COc1cc(Nc2cc(Nc3ccccc3)ncn2)cc(OC)c1OC. The topological polar surface area (TPSA) is 77.5 Å². The number of benzene rings is 2. The molecule has 0 amide bonds. The van der Waals surface area contributed by atoms with Crippen LogP contribution in [-0.4, -0.2) is 31.3 Å². The number of anilines is 4. The van der Waals surface area contributed by atoms with Gasteiger partial charge in [0.2, 0.25) is 5.75 Å². The molecule has 2 aromatic carbocycles. The third-order valence-corrected chi connectivity index (χ3v) is 3.65. The molecule has 0 aliphatic rings. The maximum Gasteiger partial charge on any atom is 0.203 e. The van der Waals surface area contributed by atoms with Crippen molar-refractivity contribution >= 4 is 23.0 Å². The second kappa shape index (κ2) is 8.06. The first-order valence-corrected chi connectivity index (χ1v) is 7.94. The van der Waals surface area contributed by atoms with Crippen LogP contribution < -0.4 is 24.8 Å². The quantitative estimate of drug-likeness (QED) is 0.666. The van der Waals surface area contributed by atoms with Crippen LogP contribution in [0.2, 0.25) is 0 Å². The molecule has 0 bridgehead atoms. The van der Waals surface area contributed by atoms with Crippen molar-refractivity contribution in [3.8, 4) is 17.2 Å². The van der Waals surface area contributed by atoms with Crippen molar-refractivity contribution in [2.24, 2.45) is 0 Å². The van der Waals surface area contributed by atoms with E-state index in [9.17, 15) is 0 Å². The van der Waals surface area contributed by atoms with E-state index in [2.05, 4.69) is 20.6 Å². The number of methoxy groups -OCH3 is 3. The molecule has 2 N–H and O–H groups in total. The van der Waals surface area contributed by atoms with E-state index in [-0.39, 0.29) is 0 Å². The van der Waals surface area contributed by atoms with E-state index in [1.165, 1.54) is 6.33 Å². The molecule has 1 heterocycles. The minimum atomic E-state index is 0.537. The Balaban J connectivity index is 1.84. The molecule has 1 aromatic heterocycles. The smallest absolute Gasteiger partial charge is 0.203 e. The third kappa shape index (κ3) is 3.94. The predicted octanol–water partition coefficient (Wildman–Crippen LogP) is 3.99. The Morgan fingerprint density at radius 1 is 0.692 bits per heavy atom. The molecule has 0 unspecified atom stereocenters. The Morgan fingerprint density at radius 3 is 1.81 bits per heavy atom. The molecule has 7 nitrogen and oxygen atoms in total.